The standard InChI is InChI=1S/C14H11NO4/c16-14(17)12-7-10-11(15-12)4-1-5-13(10)19-8-9-3-2-6-18-9/h1-7,15H,8H2,(H,16,17). The first-order valence-corrected chi connectivity index (χ1v) is 5.74. The Labute approximate surface area is 108 Å². The highest BCUT2D eigenvalue weighted by atomic mass is 16.5. The topological polar surface area (TPSA) is 75.5 Å². The molecule has 0 radical (unpaired) electrons. The molecule has 1 aromatic carbocycles. The van der Waals surface area contributed by atoms with E-state index < -0.39 is 5.97 Å². The summed E-state index contributed by atoms with van der Waals surface area (Å²) in [5, 5.41) is 9.71. The SMILES string of the molecule is O=C(O)c1cc2c(OCc3ccco3)cccc2[nH]1. The third-order valence-electron chi connectivity index (χ3n) is 2.80. The van der Waals surface area contributed by atoms with E-state index in [9.17, 15) is 4.79 Å². The first kappa shape index (κ1) is 11.4. The number of carboxylic acid groups (broad SMARTS) is 1. The van der Waals surface area contributed by atoms with Gasteiger partial charge in [0.15, 0.2) is 0 Å². The van der Waals surface area contributed by atoms with E-state index in [-0.39, 0.29) is 5.69 Å². The molecular formula is C14H11NO4. The number of H-pyrrole nitrogens is 1. The van der Waals surface area contributed by atoms with Gasteiger partial charge in [-0.2, -0.15) is 0 Å². The van der Waals surface area contributed by atoms with Crippen molar-refractivity contribution in [2.75, 3.05) is 0 Å². The van der Waals surface area contributed by atoms with Gasteiger partial charge in [-0.15, -0.1) is 0 Å². The van der Waals surface area contributed by atoms with Crippen LogP contribution in [0.25, 0.3) is 10.9 Å². The fourth-order valence-electron chi connectivity index (χ4n) is 1.91. The lowest BCUT2D eigenvalue weighted by Gasteiger charge is -2.05. The summed E-state index contributed by atoms with van der Waals surface area (Å²) in [5.74, 6) is 0.344. The van der Waals surface area contributed by atoms with Crippen LogP contribution in [-0.2, 0) is 6.61 Å². The molecule has 3 aromatic rings. The second-order valence-electron chi connectivity index (χ2n) is 4.07. The first-order chi connectivity index (χ1) is 9.24. The van der Waals surface area contributed by atoms with Crippen molar-refractivity contribution in [3.8, 4) is 5.75 Å². The van der Waals surface area contributed by atoms with Crippen molar-refractivity contribution in [1.82, 2.24) is 4.98 Å². The van der Waals surface area contributed by atoms with Crippen LogP contribution in [0.15, 0.2) is 47.1 Å². The van der Waals surface area contributed by atoms with Crippen LogP contribution < -0.4 is 4.74 Å². The van der Waals surface area contributed by atoms with E-state index in [2.05, 4.69) is 4.98 Å². The number of carbonyl (C=O) groups is 1. The highest BCUT2D eigenvalue weighted by Crippen LogP contribution is 2.27. The van der Waals surface area contributed by atoms with Crippen LogP contribution in [0, 0.1) is 0 Å². The molecule has 3 rings (SSSR count). The minimum absolute atomic E-state index is 0.143. The third-order valence-corrected chi connectivity index (χ3v) is 2.80. The molecule has 19 heavy (non-hydrogen) atoms. The Morgan fingerprint density at radius 2 is 2.21 bits per heavy atom. The van der Waals surface area contributed by atoms with Gasteiger partial charge in [0.05, 0.1) is 6.26 Å². The van der Waals surface area contributed by atoms with Crippen molar-refractivity contribution in [3.63, 3.8) is 0 Å². The predicted molar refractivity (Wildman–Crippen MR) is 68.3 cm³/mol. The Balaban J connectivity index is 1.92. The largest absolute Gasteiger partial charge is 0.485 e. The van der Waals surface area contributed by atoms with Gasteiger partial charge in [-0.3, -0.25) is 0 Å². The van der Waals surface area contributed by atoms with Crippen LogP contribution in [0.3, 0.4) is 0 Å². The van der Waals surface area contributed by atoms with Gasteiger partial charge >= 0.3 is 5.97 Å². The van der Waals surface area contributed by atoms with E-state index in [0.29, 0.717) is 18.1 Å². The maximum absolute atomic E-state index is 10.9. The van der Waals surface area contributed by atoms with Gasteiger partial charge in [0.2, 0.25) is 0 Å². The van der Waals surface area contributed by atoms with Crippen LogP contribution in [-0.4, -0.2) is 16.1 Å². The fourth-order valence-corrected chi connectivity index (χ4v) is 1.91. The minimum atomic E-state index is -0.992. The normalized spacial score (nSPS) is 10.7. The zero-order chi connectivity index (χ0) is 13.2. The van der Waals surface area contributed by atoms with Gasteiger partial charge in [0, 0.05) is 10.9 Å². The van der Waals surface area contributed by atoms with Gasteiger partial charge in [-0.1, -0.05) is 6.07 Å². The number of rotatable bonds is 4. The summed E-state index contributed by atoms with van der Waals surface area (Å²) in [5.41, 5.74) is 0.874. The zero-order valence-electron chi connectivity index (χ0n) is 9.92. The molecule has 2 aromatic heterocycles. The molecule has 5 nitrogen and oxygen atoms in total. The lowest BCUT2D eigenvalue weighted by atomic mass is 10.2. The summed E-state index contributed by atoms with van der Waals surface area (Å²) in [7, 11) is 0. The van der Waals surface area contributed by atoms with E-state index in [1.807, 2.05) is 18.2 Å². The molecular weight excluding hydrogens is 246 g/mol. The Kier molecular flexibility index (Phi) is 2.72. The molecule has 0 aliphatic heterocycles. The van der Waals surface area contributed by atoms with Gasteiger partial charge in [-0.25, -0.2) is 4.79 Å². The van der Waals surface area contributed by atoms with Crippen molar-refractivity contribution in [2.45, 2.75) is 6.61 Å². The average Bonchev–Trinajstić information content (AvgIpc) is 3.05. The minimum Gasteiger partial charge on any atom is -0.485 e. The van der Waals surface area contributed by atoms with E-state index in [4.69, 9.17) is 14.3 Å². The van der Waals surface area contributed by atoms with Crippen molar-refractivity contribution in [2.24, 2.45) is 0 Å². The molecule has 0 atom stereocenters. The van der Waals surface area contributed by atoms with Gasteiger partial charge in [-0.05, 0) is 30.3 Å². The van der Waals surface area contributed by atoms with Gasteiger partial charge in [0.25, 0.3) is 0 Å². The molecule has 2 heterocycles. The molecule has 2 N–H and O–H groups in total. The molecule has 0 bridgehead atoms. The summed E-state index contributed by atoms with van der Waals surface area (Å²) in [6.07, 6.45) is 1.58. The van der Waals surface area contributed by atoms with Crippen molar-refractivity contribution < 1.29 is 19.1 Å². The molecule has 0 amide bonds. The summed E-state index contributed by atoms with van der Waals surface area (Å²) in [4.78, 5) is 13.8. The summed E-state index contributed by atoms with van der Waals surface area (Å²) >= 11 is 0. The number of hydrogen-bond donors (Lipinski definition) is 2. The fraction of sp³-hybridized carbons (Fsp3) is 0.0714. The smallest absolute Gasteiger partial charge is 0.352 e. The first-order valence-electron chi connectivity index (χ1n) is 5.74. The number of ether oxygens (including phenoxy) is 1. The number of aromatic nitrogens is 1. The molecule has 96 valence electrons. The van der Waals surface area contributed by atoms with E-state index in [1.54, 1.807) is 24.5 Å². The molecule has 0 saturated carbocycles. The molecule has 0 spiro atoms. The highest BCUT2D eigenvalue weighted by molar-refractivity contribution is 5.96. The summed E-state index contributed by atoms with van der Waals surface area (Å²) in [6.45, 7) is 0.305. The molecule has 0 saturated heterocycles. The van der Waals surface area contributed by atoms with Crippen LogP contribution >= 0.6 is 0 Å². The van der Waals surface area contributed by atoms with Crippen molar-refractivity contribution in [3.05, 3.63) is 54.1 Å². The number of nitrogens with one attached hydrogen (secondary N) is 1. The number of fused-ring (bicyclic) bond motifs is 1. The molecule has 0 aliphatic rings. The number of hydrogen-bond acceptors (Lipinski definition) is 3. The Morgan fingerprint density at radius 1 is 1.32 bits per heavy atom. The Bertz CT molecular complexity index is 712. The lowest BCUT2D eigenvalue weighted by molar-refractivity contribution is 0.0691. The predicted octanol–water partition coefficient (Wildman–Crippen LogP) is 3.04. The van der Waals surface area contributed by atoms with Crippen LogP contribution in [0.1, 0.15) is 16.2 Å². The maximum Gasteiger partial charge on any atom is 0.352 e. The van der Waals surface area contributed by atoms with Crippen molar-refractivity contribution >= 4 is 16.9 Å². The summed E-state index contributed by atoms with van der Waals surface area (Å²) < 4.78 is 10.8. The number of carboxylic acids is 1. The number of aromatic carboxylic acids is 1. The second-order valence-corrected chi connectivity index (χ2v) is 4.07. The Hall–Kier alpha value is -2.69. The highest BCUT2D eigenvalue weighted by Gasteiger charge is 2.11. The van der Waals surface area contributed by atoms with Crippen LogP contribution in [0.2, 0.25) is 0 Å². The quantitative estimate of drug-likeness (QED) is 0.753. The van der Waals surface area contributed by atoms with Gasteiger partial charge in [0.1, 0.15) is 23.8 Å². The lowest BCUT2D eigenvalue weighted by Crippen LogP contribution is -1.94. The monoisotopic (exact) mass is 257 g/mol. The van der Waals surface area contributed by atoms with E-state index in [1.165, 1.54) is 0 Å². The van der Waals surface area contributed by atoms with E-state index in [0.717, 1.165) is 10.9 Å². The van der Waals surface area contributed by atoms with Crippen LogP contribution in [0.4, 0.5) is 0 Å². The summed E-state index contributed by atoms with van der Waals surface area (Å²) in [6, 6.07) is 10.6. The average molecular weight is 257 g/mol. The maximum atomic E-state index is 10.9. The van der Waals surface area contributed by atoms with E-state index >= 15 is 0 Å². The molecule has 0 aliphatic carbocycles. The molecule has 0 fully saturated rings. The van der Waals surface area contributed by atoms with Crippen LogP contribution in [0.5, 0.6) is 5.75 Å². The molecule has 0 unspecified atom stereocenters. The van der Waals surface area contributed by atoms with Crippen molar-refractivity contribution in [1.29, 1.82) is 0 Å². The third kappa shape index (κ3) is 2.18. The Morgan fingerprint density at radius 3 is 2.95 bits per heavy atom. The zero-order valence-corrected chi connectivity index (χ0v) is 9.92. The second kappa shape index (κ2) is 4.53. The van der Waals surface area contributed by atoms with Gasteiger partial charge < -0.3 is 19.2 Å². The number of benzene rings is 1. The number of aromatic amines is 1. The molecule has 5 heteroatoms. The number of furan rings is 1.